The summed E-state index contributed by atoms with van der Waals surface area (Å²) in [6.07, 6.45) is 8.34. The van der Waals surface area contributed by atoms with Crippen LogP contribution in [0.4, 0.5) is 0 Å². The molecule has 0 spiro atoms. The van der Waals surface area contributed by atoms with E-state index in [2.05, 4.69) is 21.4 Å². The highest BCUT2D eigenvalue weighted by Gasteiger charge is 2.24. The Bertz CT molecular complexity index is 362. The minimum Gasteiger partial charge on any atom is -0.393 e. The number of imidazole rings is 1. The normalized spacial score (nSPS) is 23.2. The number of aromatic nitrogens is 2. The summed E-state index contributed by atoms with van der Waals surface area (Å²) in [6.45, 7) is 7.12. The third-order valence-corrected chi connectivity index (χ3v) is 3.87. The maximum absolute atomic E-state index is 9.61. The Kier molecular flexibility index (Phi) is 4.78. The van der Waals surface area contributed by atoms with Crippen molar-refractivity contribution in [1.82, 2.24) is 14.5 Å². The second-order valence-corrected chi connectivity index (χ2v) is 5.38. The van der Waals surface area contributed by atoms with Crippen LogP contribution in [0.1, 0.15) is 45.2 Å². The number of hydrogen-bond acceptors (Lipinski definition) is 3. The van der Waals surface area contributed by atoms with Crippen molar-refractivity contribution in [3.8, 4) is 0 Å². The third-order valence-electron chi connectivity index (χ3n) is 3.87. The standard InChI is InChI=1S/C14H25N3O/c1-3-16-11-15-9-14(16)10-17-7-5-4-6-13(17)8-12(2)18/h9,11-13,18H,3-8,10H2,1-2H3. The molecule has 4 heteroatoms. The van der Waals surface area contributed by atoms with Crippen LogP contribution in [0, 0.1) is 0 Å². The van der Waals surface area contributed by atoms with E-state index in [4.69, 9.17) is 0 Å². The Balaban J connectivity index is 2.00. The monoisotopic (exact) mass is 251 g/mol. The summed E-state index contributed by atoms with van der Waals surface area (Å²) in [5.74, 6) is 0. The van der Waals surface area contributed by atoms with Crippen molar-refractivity contribution in [2.24, 2.45) is 0 Å². The van der Waals surface area contributed by atoms with E-state index < -0.39 is 0 Å². The van der Waals surface area contributed by atoms with Crippen molar-refractivity contribution in [2.45, 2.75) is 64.8 Å². The number of likely N-dealkylation sites (tertiary alicyclic amines) is 1. The summed E-state index contributed by atoms with van der Waals surface area (Å²) in [4.78, 5) is 6.74. The zero-order chi connectivity index (χ0) is 13.0. The molecular formula is C14H25N3O. The fraction of sp³-hybridized carbons (Fsp3) is 0.786. The molecule has 18 heavy (non-hydrogen) atoms. The molecule has 1 aliphatic heterocycles. The van der Waals surface area contributed by atoms with Crippen LogP contribution in [0.25, 0.3) is 0 Å². The molecule has 2 atom stereocenters. The molecular weight excluding hydrogens is 226 g/mol. The molecule has 102 valence electrons. The number of aliphatic hydroxyl groups is 1. The van der Waals surface area contributed by atoms with Crippen LogP contribution in [0.5, 0.6) is 0 Å². The lowest BCUT2D eigenvalue weighted by Gasteiger charge is -2.36. The largest absolute Gasteiger partial charge is 0.393 e. The van der Waals surface area contributed by atoms with Gasteiger partial charge in [-0.2, -0.15) is 0 Å². The van der Waals surface area contributed by atoms with Crippen molar-refractivity contribution in [3.05, 3.63) is 18.2 Å². The summed E-state index contributed by atoms with van der Waals surface area (Å²) < 4.78 is 2.20. The second-order valence-electron chi connectivity index (χ2n) is 5.38. The van der Waals surface area contributed by atoms with Gasteiger partial charge in [0, 0.05) is 25.3 Å². The molecule has 1 aliphatic rings. The number of aliphatic hydroxyl groups excluding tert-OH is 1. The van der Waals surface area contributed by atoms with Gasteiger partial charge in [0.05, 0.1) is 18.1 Å². The first-order chi connectivity index (χ1) is 8.70. The SMILES string of the molecule is CCn1cncc1CN1CCCCC1CC(C)O. The van der Waals surface area contributed by atoms with Crippen LogP contribution in [0.2, 0.25) is 0 Å². The highest BCUT2D eigenvalue weighted by molar-refractivity contribution is 4.99. The van der Waals surface area contributed by atoms with Gasteiger partial charge in [-0.05, 0) is 39.7 Å². The van der Waals surface area contributed by atoms with Crippen LogP contribution in [-0.4, -0.2) is 38.2 Å². The van der Waals surface area contributed by atoms with E-state index in [1.165, 1.54) is 25.0 Å². The molecule has 0 aliphatic carbocycles. The zero-order valence-electron chi connectivity index (χ0n) is 11.5. The first kappa shape index (κ1) is 13.6. The predicted octanol–water partition coefficient (Wildman–Crippen LogP) is 2.03. The van der Waals surface area contributed by atoms with E-state index in [9.17, 15) is 5.11 Å². The Morgan fingerprint density at radius 1 is 1.50 bits per heavy atom. The molecule has 4 nitrogen and oxygen atoms in total. The molecule has 1 saturated heterocycles. The average Bonchev–Trinajstić information content (AvgIpc) is 2.78. The van der Waals surface area contributed by atoms with Gasteiger partial charge in [-0.15, -0.1) is 0 Å². The van der Waals surface area contributed by atoms with Crippen molar-refractivity contribution >= 4 is 0 Å². The Labute approximate surface area is 110 Å². The summed E-state index contributed by atoms with van der Waals surface area (Å²) in [5, 5.41) is 9.61. The van der Waals surface area contributed by atoms with Crippen LogP contribution in [0.15, 0.2) is 12.5 Å². The second kappa shape index (κ2) is 6.34. The summed E-state index contributed by atoms with van der Waals surface area (Å²) in [7, 11) is 0. The molecule has 0 bridgehead atoms. The molecule has 0 amide bonds. The highest BCUT2D eigenvalue weighted by Crippen LogP contribution is 2.22. The fourth-order valence-electron chi connectivity index (χ4n) is 2.90. The molecule has 0 saturated carbocycles. The number of aryl methyl sites for hydroxylation is 1. The molecule has 1 aromatic rings. The van der Waals surface area contributed by atoms with E-state index in [1.54, 1.807) is 0 Å². The van der Waals surface area contributed by atoms with Gasteiger partial charge in [-0.25, -0.2) is 4.98 Å². The molecule has 1 N–H and O–H groups in total. The van der Waals surface area contributed by atoms with Gasteiger partial charge < -0.3 is 9.67 Å². The van der Waals surface area contributed by atoms with Crippen LogP contribution < -0.4 is 0 Å². The molecule has 0 radical (unpaired) electrons. The van der Waals surface area contributed by atoms with Crippen LogP contribution >= 0.6 is 0 Å². The zero-order valence-corrected chi connectivity index (χ0v) is 11.5. The first-order valence-corrected chi connectivity index (χ1v) is 7.11. The third kappa shape index (κ3) is 3.33. The van der Waals surface area contributed by atoms with E-state index in [1.807, 2.05) is 19.4 Å². The molecule has 1 aromatic heterocycles. The van der Waals surface area contributed by atoms with E-state index in [-0.39, 0.29) is 6.10 Å². The Morgan fingerprint density at radius 2 is 2.33 bits per heavy atom. The minimum atomic E-state index is -0.202. The molecule has 0 aromatic carbocycles. The van der Waals surface area contributed by atoms with Crippen LogP contribution in [0.3, 0.4) is 0 Å². The fourth-order valence-corrected chi connectivity index (χ4v) is 2.90. The van der Waals surface area contributed by atoms with Crippen molar-refractivity contribution in [3.63, 3.8) is 0 Å². The smallest absolute Gasteiger partial charge is 0.0948 e. The van der Waals surface area contributed by atoms with Crippen molar-refractivity contribution in [2.75, 3.05) is 6.54 Å². The summed E-state index contributed by atoms with van der Waals surface area (Å²) in [6, 6.07) is 0.527. The Hall–Kier alpha value is -0.870. The van der Waals surface area contributed by atoms with Gasteiger partial charge in [0.25, 0.3) is 0 Å². The van der Waals surface area contributed by atoms with Gasteiger partial charge >= 0.3 is 0 Å². The maximum atomic E-state index is 9.61. The lowest BCUT2D eigenvalue weighted by atomic mass is 9.97. The summed E-state index contributed by atoms with van der Waals surface area (Å²) >= 11 is 0. The predicted molar refractivity (Wildman–Crippen MR) is 72.2 cm³/mol. The molecule has 1 fully saturated rings. The van der Waals surface area contributed by atoms with Crippen molar-refractivity contribution < 1.29 is 5.11 Å². The van der Waals surface area contributed by atoms with Crippen LogP contribution in [-0.2, 0) is 13.1 Å². The number of hydrogen-bond donors (Lipinski definition) is 1. The van der Waals surface area contributed by atoms with Crippen molar-refractivity contribution in [1.29, 1.82) is 0 Å². The van der Waals surface area contributed by atoms with Gasteiger partial charge in [0.1, 0.15) is 0 Å². The molecule has 2 rings (SSSR count). The average molecular weight is 251 g/mol. The van der Waals surface area contributed by atoms with Gasteiger partial charge in [0.2, 0.25) is 0 Å². The maximum Gasteiger partial charge on any atom is 0.0948 e. The van der Waals surface area contributed by atoms with Gasteiger partial charge in [-0.1, -0.05) is 6.42 Å². The Morgan fingerprint density at radius 3 is 3.06 bits per heavy atom. The first-order valence-electron chi connectivity index (χ1n) is 7.11. The highest BCUT2D eigenvalue weighted by atomic mass is 16.3. The van der Waals surface area contributed by atoms with E-state index in [0.29, 0.717) is 6.04 Å². The topological polar surface area (TPSA) is 41.3 Å². The lowest BCUT2D eigenvalue weighted by Crippen LogP contribution is -2.41. The lowest BCUT2D eigenvalue weighted by molar-refractivity contribution is 0.0801. The molecule has 2 unspecified atom stereocenters. The van der Waals surface area contributed by atoms with Gasteiger partial charge in [-0.3, -0.25) is 4.90 Å². The minimum absolute atomic E-state index is 0.202. The number of rotatable bonds is 5. The van der Waals surface area contributed by atoms with Gasteiger partial charge in [0.15, 0.2) is 0 Å². The molecule has 2 heterocycles. The number of nitrogens with zero attached hydrogens (tertiary/aromatic N) is 3. The number of piperidine rings is 1. The quantitative estimate of drug-likeness (QED) is 0.870. The van der Waals surface area contributed by atoms with E-state index in [0.717, 1.165) is 26.1 Å². The summed E-state index contributed by atoms with van der Waals surface area (Å²) in [5.41, 5.74) is 1.29. The van der Waals surface area contributed by atoms with E-state index >= 15 is 0 Å².